The molecule has 0 saturated carbocycles. The fourth-order valence-corrected chi connectivity index (χ4v) is 2.61. The molecule has 0 radical (unpaired) electrons. The van der Waals surface area contributed by atoms with Crippen molar-refractivity contribution in [3.8, 4) is 6.07 Å². The maximum absolute atomic E-state index is 8.97. The summed E-state index contributed by atoms with van der Waals surface area (Å²) >= 11 is 0. The molecule has 0 saturated heterocycles. The monoisotopic (exact) mass is 200 g/mol. The Morgan fingerprint density at radius 3 is 2.87 bits per heavy atom. The Kier molecular flexibility index (Phi) is 2.40. The highest BCUT2D eigenvalue weighted by atomic mass is 15.1. The van der Waals surface area contributed by atoms with Gasteiger partial charge in [-0.25, -0.2) is 0 Å². The van der Waals surface area contributed by atoms with Crippen molar-refractivity contribution in [2.45, 2.75) is 25.2 Å². The van der Waals surface area contributed by atoms with Gasteiger partial charge >= 0.3 is 0 Å². The van der Waals surface area contributed by atoms with Crippen LogP contribution in [0.3, 0.4) is 0 Å². The van der Waals surface area contributed by atoms with Gasteiger partial charge in [0.2, 0.25) is 0 Å². The van der Waals surface area contributed by atoms with Gasteiger partial charge in [-0.2, -0.15) is 5.26 Å². The van der Waals surface area contributed by atoms with E-state index >= 15 is 0 Å². The van der Waals surface area contributed by atoms with Crippen LogP contribution in [-0.4, -0.2) is 13.6 Å². The molecule has 0 amide bonds. The third-order valence-corrected chi connectivity index (χ3v) is 3.52. The summed E-state index contributed by atoms with van der Waals surface area (Å²) < 4.78 is 0. The Hall–Kier alpha value is -1.49. The molecule has 15 heavy (non-hydrogen) atoms. The van der Waals surface area contributed by atoms with Crippen LogP contribution < -0.4 is 4.90 Å². The number of anilines is 1. The highest BCUT2D eigenvalue weighted by Gasteiger charge is 2.39. The van der Waals surface area contributed by atoms with Gasteiger partial charge in [0, 0.05) is 31.1 Å². The van der Waals surface area contributed by atoms with E-state index in [0.717, 1.165) is 13.0 Å². The predicted molar refractivity (Wildman–Crippen MR) is 61.9 cm³/mol. The molecule has 0 spiro atoms. The zero-order chi connectivity index (χ0) is 10.9. The lowest BCUT2D eigenvalue weighted by Crippen LogP contribution is -2.30. The maximum Gasteiger partial charge on any atom is 0.0631 e. The minimum absolute atomic E-state index is 0.0556. The Bertz CT molecular complexity index is 405. The number of rotatable bonds is 2. The van der Waals surface area contributed by atoms with Crippen LogP contribution in [0.4, 0.5) is 5.69 Å². The lowest BCUT2D eigenvalue weighted by atomic mass is 9.77. The normalized spacial score (nSPS) is 23.7. The molecule has 2 heteroatoms. The summed E-state index contributed by atoms with van der Waals surface area (Å²) in [6.07, 6.45) is 1.65. The molecule has 1 aromatic carbocycles. The third-order valence-electron chi connectivity index (χ3n) is 3.52. The second kappa shape index (κ2) is 3.58. The second-order valence-electron chi connectivity index (χ2n) is 4.34. The highest BCUT2D eigenvalue weighted by molar-refractivity contribution is 5.62. The first-order chi connectivity index (χ1) is 7.23. The topological polar surface area (TPSA) is 27.0 Å². The van der Waals surface area contributed by atoms with Gasteiger partial charge in [0.05, 0.1) is 6.07 Å². The van der Waals surface area contributed by atoms with Gasteiger partial charge in [-0.05, 0) is 18.1 Å². The lowest BCUT2D eigenvalue weighted by molar-refractivity contribution is 0.450. The van der Waals surface area contributed by atoms with Crippen LogP contribution in [0.2, 0.25) is 0 Å². The molecule has 0 unspecified atom stereocenters. The van der Waals surface area contributed by atoms with E-state index in [0.29, 0.717) is 6.42 Å². The lowest BCUT2D eigenvalue weighted by Gasteiger charge is -2.25. The molecule has 1 aliphatic heterocycles. The number of nitrogens with zero attached hydrogens (tertiary/aromatic N) is 2. The molecule has 78 valence electrons. The Morgan fingerprint density at radius 2 is 2.20 bits per heavy atom. The fraction of sp³-hybridized carbons (Fsp3) is 0.462. The van der Waals surface area contributed by atoms with Crippen molar-refractivity contribution in [3.63, 3.8) is 0 Å². The van der Waals surface area contributed by atoms with Crippen LogP contribution in [-0.2, 0) is 5.41 Å². The molecular weight excluding hydrogens is 184 g/mol. The molecule has 2 nitrogen and oxygen atoms in total. The summed E-state index contributed by atoms with van der Waals surface area (Å²) in [5.74, 6) is 0. The van der Waals surface area contributed by atoms with Crippen LogP contribution >= 0.6 is 0 Å². The van der Waals surface area contributed by atoms with Gasteiger partial charge in [-0.1, -0.05) is 25.1 Å². The van der Waals surface area contributed by atoms with Gasteiger partial charge in [-0.3, -0.25) is 0 Å². The molecule has 0 bridgehead atoms. The summed E-state index contributed by atoms with van der Waals surface area (Å²) in [5, 5.41) is 8.97. The van der Waals surface area contributed by atoms with Crippen molar-refractivity contribution < 1.29 is 0 Å². The molecule has 0 aromatic heterocycles. The minimum atomic E-state index is 0.0556. The van der Waals surface area contributed by atoms with E-state index in [4.69, 9.17) is 5.26 Å². The third kappa shape index (κ3) is 1.39. The van der Waals surface area contributed by atoms with Crippen LogP contribution in [0.15, 0.2) is 24.3 Å². The van der Waals surface area contributed by atoms with Crippen molar-refractivity contribution in [1.82, 2.24) is 0 Å². The van der Waals surface area contributed by atoms with Gasteiger partial charge in [0.25, 0.3) is 0 Å². The smallest absolute Gasteiger partial charge is 0.0631 e. The molecule has 0 fully saturated rings. The quantitative estimate of drug-likeness (QED) is 0.734. The molecule has 0 N–H and O–H groups in total. The molecule has 1 aliphatic rings. The standard InChI is InChI=1S/C13H16N2/c1-3-13(8-9-14)10-15(2)12-7-5-4-6-11(12)13/h4-7H,3,8,10H2,1-2H3/t13-/m0/s1. The van der Waals surface area contributed by atoms with E-state index in [1.165, 1.54) is 11.3 Å². The summed E-state index contributed by atoms with van der Waals surface area (Å²) in [7, 11) is 2.10. The largest absolute Gasteiger partial charge is 0.373 e. The number of benzene rings is 1. The van der Waals surface area contributed by atoms with E-state index in [2.05, 4.69) is 49.2 Å². The van der Waals surface area contributed by atoms with E-state index in [1.807, 2.05) is 0 Å². The first-order valence-corrected chi connectivity index (χ1v) is 5.41. The fourth-order valence-electron chi connectivity index (χ4n) is 2.61. The van der Waals surface area contributed by atoms with E-state index in [1.54, 1.807) is 0 Å². The van der Waals surface area contributed by atoms with Gasteiger partial charge in [0.15, 0.2) is 0 Å². The Labute approximate surface area is 91.1 Å². The number of nitriles is 1. The molecule has 1 aromatic rings. The van der Waals surface area contributed by atoms with E-state index < -0.39 is 0 Å². The molecule has 2 rings (SSSR count). The van der Waals surface area contributed by atoms with E-state index in [-0.39, 0.29) is 5.41 Å². The first kappa shape index (κ1) is 10.0. The summed E-state index contributed by atoms with van der Waals surface area (Å²) in [6, 6.07) is 10.8. The van der Waals surface area contributed by atoms with Gasteiger partial charge in [0.1, 0.15) is 0 Å². The molecule has 0 aliphatic carbocycles. The van der Waals surface area contributed by atoms with Gasteiger partial charge < -0.3 is 4.90 Å². The summed E-state index contributed by atoms with van der Waals surface area (Å²) in [4.78, 5) is 2.26. The number of likely N-dealkylation sites (N-methyl/N-ethyl adjacent to an activating group) is 1. The molecular formula is C13H16N2. The van der Waals surface area contributed by atoms with Crippen LogP contribution in [0, 0.1) is 11.3 Å². The van der Waals surface area contributed by atoms with Crippen molar-refractivity contribution in [1.29, 1.82) is 5.26 Å². The van der Waals surface area contributed by atoms with Crippen LogP contribution in [0.5, 0.6) is 0 Å². The maximum atomic E-state index is 8.97. The molecule has 1 atom stereocenters. The molecule has 1 heterocycles. The summed E-state index contributed by atoms with van der Waals surface area (Å²) in [6.45, 7) is 3.14. The van der Waals surface area contributed by atoms with Crippen LogP contribution in [0.1, 0.15) is 25.3 Å². The summed E-state index contributed by atoms with van der Waals surface area (Å²) in [5.41, 5.74) is 2.69. The average molecular weight is 200 g/mol. The average Bonchev–Trinajstić information content (AvgIpc) is 2.55. The zero-order valence-electron chi connectivity index (χ0n) is 9.33. The second-order valence-corrected chi connectivity index (χ2v) is 4.34. The predicted octanol–water partition coefficient (Wildman–Crippen LogP) is 2.70. The van der Waals surface area contributed by atoms with Crippen molar-refractivity contribution in [3.05, 3.63) is 29.8 Å². The van der Waals surface area contributed by atoms with E-state index in [9.17, 15) is 0 Å². The van der Waals surface area contributed by atoms with Gasteiger partial charge in [-0.15, -0.1) is 0 Å². The minimum Gasteiger partial charge on any atom is -0.373 e. The number of hydrogen-bond donors (Lipinski definition) is 0. The highest BCUT2D eigenvalue weighted by Crippen LogP contribution is 2.43. The zero-order valence-corrected chi connectivity index (χ0v) is 9.33. The van der Waals surface area contributed by atoms with Crippen molar-refractivity contribution >= 4 is 5.69 Å². The number of hydrogen-bond acceptors (Lipinski definition) is 2. The number of fused-ring (bicyclic) bond motifs is 1. The number of para-hydroxylation sites is 1. The first-order valence-electron chi connectivity index (χ1n) is 5.41. The van der Waals surface area contributed by atoms with Crippen LogP contribution in [0.25, 0.3) is 0 Å². The SMILES string of the molecule is CC[C@]1(CC#N)CN(C)c2ccccc21. The van der Waals surface area contributed by atoms with Crippen molar-refractivity contribution in [2.75, 3.05) is 18.5 Å². The van der Waals surface area contributed by atoms with Crippen molar-refractivity contribution in [2.24, 2.45) is 0 Å². The Balaban J connectivity index is 2.51. The Morgan fingerprint density at radius 1 is 1.47 bits per heavy atom.